The van der Waals surface area contributed by atoms with Gasteiger partial charge in [0, 0.05) is 44.0 Å². The van der Waals surface area contributed by atoms with Crippen LogP contribution < -0.4 is 10.2 Å². The third-order valence-electron chi connectivity index (χ3n) is 7.28. The van der Waals surface area contributed by atoms with Crippen LogP contribution in [0.2, 0.25) is 0 Å². The number of carbonyl (C=O) groups is 2. The van der Waals surface area contributed by atoms with Crippen molar-refractivity contribution in [2.24, 2.45) is 0 Å². The van der Waals surface area contributed by atoms with Gasteiger partial charge in [-0.25, -0.2) is 4.68 Å². The summed E-state index contributed by atoms with van der Waals surface area (Å²) in [4.78, 5) is 33.7. The van der Waals surface area contributed by atoms with E-state index < -0.39 is 0 Å². The van der Waals surface area contributed by atoms with Crippen LogP contribution in [0.25, 0.3) is 11.1 Å². The van der Waals surface area contributed by atoms with Gasteiger partial charge in [-0.15, -0.1) is 5.10 Å². The van der Waals surface area contributed by atoms with Gasteiger partial charge in [-0.2, -0.15) is 0 Å². The number of hydrogen-bond acceptors (Lipinski definition) is 6. The average molecular weight is 530 g/mol. The molecule has 206 valence electrons. The van der Waals surface area contributed by atoms with E-state index in [1.165, 1.54) is 6.08 Å². The number of aryl methyl sites for hydroxylation is 1. The molecular weight excluding hydrogens is 490 g/mol. The minimum Gasteiger partial charge on any atom is -0.368 e. The van der Waals surface area contributed by atoms with Crippen molar-refractivity contribution >= 4 is 17.5 Å². The molecule has 4 rings (SSSR count). The first-order valence-electron chi connectivity index (χ1n) is 13.5. The molecule has 0 aliphatic carbocycles. The quantitative estimate of drug-likeness (QED) is 0.436. The van der Waals surface area contributed by atoms with Gasteiger partial charge in [0.1, 0.15) is 0 Å². The largest absolute Gasteiger partial charge is 0.368 e. The molecule has 39 heavy (non-hydrogen) atoms. The molecule has 9 nitrogen and oxygen atoms in total. The molecule has 0 saturated carbocycles. The number of nitrogens with one attached hydrogen (secondary N) is 1. The highest BCUT2D eigenvalue weighted by molar-refractivity contribution is 5.91. The first kappa shape index (κ1) is 28.0. The minimum atomic E-state index is -0.249. The Hall–Kier alpha value is -4.01. The molecule has 0 bridgehead atoms. The standard InChI is InChI=1S/C30H39N7O2/c1-7-28(38)36(8-2)24-10-9-15-35(19-24)27-18-31-14-13-25(27)22-11-12-23(21(3)16-22)17-32-29(39)26-20-37(34-33-26)30(4,5)6/h7,11-14,16,18,20,24H,1,8-10,15,17,19H2,2-6H3,(H,32,39). The number of likely N-dealkylation sites (N-methyl/N-ethyl adjacent to an activating group) is 1. The maximum Gasteiger partial charge on any atom is 0.273 e. The summed E-state index contributed by atoms with van der Waals surface area (Å²) >= 11 is 0. The van der Waals surface area contributed by atoms with Gasteiger partial charge in [0.2, 0.25) is 5.91 Å². The molecule has 3 aromatic rings. The summed E-state index contributed by atoms with van der Waals surface area (Å²) < 4.78 is 1.69. The summed E-state index contributed by atoms with van der Waals surface area (Å²) in [5.41, 5.74) is 5.43. The fraction of sp³-hybridized carbons (Fsp3) is 0.433. The van der Waals surface area contributed by atoms with Crippen LogP contribution in [0.3, 0.4) is 0 Å². The molecule has 1 aliphatic heterocycles. The van der Waals surface area contributed by atoms with Gasteiger partial charge >= 0.3 is 0 Å². The van der Waals surface area contributed by atoms with E-state index in [-0.39, 0.29) is 23.4 Å². The van der Waals surface area contributed by atoms with E-state index in [2.05, 4.69) is 57.2 Å². The Labute approximate surface area is 230 Å². The number of piperidine rings is 1. The molecule has 2 aromatic heterocycles. The molecule has 1 unspecified atom stereocenters. The first-order chi connectivity index (χ1) is 18.6. The van der Waals surface area contributed by atoms with Gasteiger partial charge in [0.15, 0.2) is 5.69 Å². The van der Waals surface area contributed by atoms with Gasteiger partial charge in [-0.05, 0) is 76.3 Å². The van der Waals surface area contributed by atoms with Crippen molar-refractivity contribution in [2.45, 2.75) is 65.6 Å². The number of rotatable bonds is 8. The molecule has 1 atom stereocenters. The fourth-order valence-electron chi connectivity index (χ4n) is 5.04. The lowest BCUT2D eigenvalue weighted by Gasteiger charge is -2.40. The van der Waals surface area contributed by atoms with Crippen molar-refractivity contribution in [1.29, 1.82) is 0 Å². The Morgan fingerprint density at radius 2 is 2.05 bits per heavy atom. The highest BCUT2D eigenvalue weighted by atomic mass is 16.2. The van der Waals surface area contributed by atoms with Crippen LogP contribution in [0, 0.1) is 6.92 Å². The number of carbonyl (C=O) groups excluding carboxylic acids is 2. The van der Waals surface area contributed by atoms with Crippen LogP contribution in [-0.2, 0) is 16.9 Å². The number of aromatic nitrogens is 4. The second-order valence-corrected chi connectivity index (χ2v) is 11.0. The maximum atomic E-state index is 12.7. The van der Waals surface area contributed by atoms with Crippen LogP contribution >= 0.6 is 0 Å². The molecule has 1 saturated heterocycles. The van der Waals surface area contributed by atoms with Gasteiger partial charge in [0.05, 0.1) is 23.6 Å². The predicted octanol–water partition coefficient (Wildman–Crippen LogP) is 4.34. The van der Waals surface area contributed by atoms with E-state index in [9.17, 15) is 9.59 Å². The topological polar surface area (TPSA) is 96.2 Å². The third-order valence-corrected chi connectivity index (χ3v) is 7.28. The molecule has 3 heterocycles. The zero-order valence-corrected chi connectivity index (χ0v) is 23.6. The van der Waals surface area contributed by atoms with Crippen molar-refractivity contribution in [3.05, 3.63) is 72.3 Å². The third kappa shape index (κ3) is 6.35. The molecular formula is C30H39N7O2. The minimum absolute atomic E-state index is 0.0205. The number of amides is 2. The number of nitrogens with zero attached hydrogens (tertiary/aromatic N) is 6. The van der Waals surface area contributed by atoms with E-state index in [4.69, 9.17) is 0 Å². The van der Waals surface area contributed by atoms with Crippen molar-refractivity contribution in [3.8, 4) is 11.1 Å². The van der Waals surface area contributed by atoms with Gasteiger partial charge in [-0.3, -0.25) is 14.6 Å². The van der Waals surface area contributed by atoms with E-state index in [0.717, 1.165) is 53.9 Å². The van der Waals surface area contributed by atoms with Crippen molar-refractivity contribution in [1.82, 2.24) is 30.2 Å². The molecule has 1 N–H and O–H groups in total. The molecule has 1 aliphatic rings. The highest BCUT2D eigenvalue weighted by Gasteiger charge is 2.28. The zero-order chi connectivity index (χ0) is 28.2. The Kier molecular flexibility index (Phi) is 8.47. The second-order valence-electron chi connectivity index (χ2n) is 11.0. The molecule has 1 aromatic carbocycles. The summed E-state index contributed by atoms with van der Waals surface area (Å²) in [6.07, 6.45) is 8.78. The average Bonchev–Trinajstić information content (AvgIpc) is 3.44. The van der Waals surface area contributed by atoms with Gasteiger partial charge < -0.3 is 15.1 Å². The van der Waals surface area contributed by atoms with E-state index in [1.54, 1.807) is 10.9 Å². The smallest absolute Gasteiger partial charge is 0.273 e. The Morgan fingerprint density at radius 1 is 1.26 bits per heavy atom. The van der Waals surface area contributed by atoms with Crippen molar-refractivity contribution < 1.29 is 9.59 Å². The summed E-state index contributed by atoms with van der Waals surface area (Å²) in [5, 5.41) is 11.1. The van der Waals surface area contributed by atoms with Crippen LogP contribution in [0.1, 0.15) is 62.2 Å². The van der Waals surface area contributed by atoms with Gasteiger partial charge in [0.25, 0.3) is 5.91 Å². The molecule has 2 amide bonds. The molecule has 0 radical (unpaired) electrons. The lowest BCUT2D eigenvalue weighted by molar-refractivity contribution is -0.128. The summed E-state index contributed by atoms with van der Waals surface area (Å²) in [6, 6.07) is 8.48. The summed E-state index contributed by atoms with van der Waals surface area (Å²) in [5.74, 6) is -0.269. The number of pyridine rings is 1. The van der Waals surface area contributed by atoms with Crippen LogP contribution in [-0.4, -0.2) is 62.4 Å². The summed E-state index contributed by atoms with van der Waals surface area (Å²) in [6.45, 7) is 16.5. The lowest BCUT2D eigenvalue weighted by atomic mass is 9.97. The SMILES string of the molecule is C=CC(=O)N(CC)C1CCCN(c2cnccc2-c2ccc(CNC(=O)c3cn(C(C)(C)C)nn3)c(C)c2)C1. The van der Waals surface area contributed by atoms with Crippen molar-refractivity contribution in [3.63, 3.8) is 0 Å². The van der Waals surface area contributed by atoms with E-state index in [1.807, 2.05) is 51.1 Å². The van der Waals surface area contributed by atoms with E-state index in [0.29, 0.717) is 18.8 Å². The Bertz CT molecular complexity index is 1340. The molecule has 1 fully saturated rings. The molecule has 9 heteroatoms. The second kappa shape index (κ2) is 11.8. The number of anilines is 1. The van der Waals surface area contributed by atoms with Crippen LogP contribution in [0.15, 0.2) is 55.5 Å². The molecule has 0 spiro atoms. The Morgan fingerprint density at radius 3 is 2.72 bits per heavy atom. The normalized spacial score (nSPS) is 15.6. The first-order valence-corrected chi connectivity index (χ1v) is 13.5. The highest BCUT2D eigenvalue weighted by Crippen LogP contribution is 2.33. The predicted molar refractivity (Wildman–Crippen MR) is 153 cm³/mol. The maximum absolute atomic E-state index is 12.7. The van der Waals surface area contributed by atoms with E-state index >= 15 is 0 Å². The van der Waals surface area contributed by atoms with Crippen LogP contribution in [0.4, 0.5) is 5.69 Å². The number of benzene rings is 1. The zero-order valence-electron chi connectivity index (χ0n) is 23.6. The fourth-order valence-corrected chi connectivity index (χ4v) is 5.04. The number of hydrogen-bond donors (Lipinski definition) is 1. The van der Waals surface area contributed by atoms with Gasteiger partial charge in [-0.1, -0.05) is 30.0 Å². The lowest BCUT2D eigenvalue weighted by Crippen LogP contribution is -2.50. The monoisotopic (exact) mass is 529 g/mol. The summed E-state index contributed by atoms with van der Waals surface area (Å²) in [7, 11) is 0. The Balaban J connectivity index is 1.49. The van der Waals surface area contributed by atoms with Crippen molar-refractivity contribution in [2.75, 3.05) is 24.5 Å². The van der Waals surface area contributed by atoms with Crippen LogP contribution in [0.5, 0.6) is 0 Å².